The minimum absolute atomic E-state index is 0.216. The summed E-state index contributed by atoms with van der Waals surface area (Å²) in [5, 5.41) is 3.01. The van der Waals surface area contributed by atoms with Crippen LogP contribution in [0.4, 0.5) is 0 Å². The van der Waals surface area contributed by atoms with Gasteiger partial charge in [-0.15, -0.1) is 0 Å². The minimum Gasteiger partial charge on any atom is -0.382 e. The molecule has 0 aliphatic carbocycles. The number of nitrogens with zero attached hydrogens (tertiary/aromatic N) is 1. The van der Waals surface area contributed by atoms with Gasteiger partial charge in [0.05, 0.1) is 5.70 Å². The molecular weight excluding hydrogens is 128 g/mol. The molecule has 1 heterocycles. The van der Waals surface area contributed by atoms with Gasteiger partial charge in [-0.3, -0.25) is 4.79 Å². The molecule has 0 atom stereocenters. The van der Waals surface area contributed by atoms with Gasteiger partial charge in [-0.1, -0.05) is 0 Å². The fraction of sp³-hybridized carbons (Fsp3) is 0.571. The number of rotatable bonds is 1. The van der Waals surface area contributed by atoms with E-state index in [4.69, 9.17) is 0 Å². The molecule has 10 heavy (non-hydrogen) atoms. The van der Waals surface area contributed by atoms with E-state index in [2.05, 4.69) is 5.32 Å². The lowest BCUT2D eigenvalue weighted by atomic mass is 10.3. The standard InChI is InChI=1S/C7H12N2O/c1-9(2)5-6-7(10)3-4-8-6/h5,8H,3-4H2,1-2H3/b6-5-. The molecule has 0 bridgehead atoms. The fourth-order valence-electron chi connectivity index (χ4n) is 0.920. The predicted molar refractivity (Wildman–Crippen MR) is 39.4 cm³/mol. The topological polar surface area (TPSA) is 32.3 Å². The van der Waals surface area contributed by atoms with Crippen molar-refractivity contribution in [3.63, 3.8) is 0 Å². The Labute approximate surface area is 60.7 Å². The number of hydrogen-bond donors (Lipinski definition) is 1. The summed E-state index contributed by atoms with van der Waals surface area (Å²) in [7, 11) is 3.81. The first-order chi connectivity index (χ1) is 4.70. The molecule has 0 spiro atoms. The van der Waals surface area contributed by atoms with E-state index in [0.29, 0.717) is 6.42 Å². The van der Waals surface area contributed by atoms with Gasteiger partial charge >= 0.3 is 0 Å². The van der Waals surface area contributed by atoms with Gasteiger partial charge in [-0.25, -0.2) is 0 Å². The Balaban J connectivity index is 2.62. The van der Waals surface area contributed by atoms with E-state index in [1.54, 1.807) is 0 Å². The maximum absolute atomic E-state index is 11.0. The van der Waals surface area contributed by atoms with Crippen LogP contribution in [0.1, 0.15) is 6.42 Å². The average molecular weight is 140 g/mol. The van der Waals surface area contributed by atoms with Crippen LogP contribution >= 0.6 is 0 Å². The SMILES string of the molecule is CN(C)/C=C1\NCCC1=O. The number of nitrogens with one attached hydrogen (secondary N) is 1. The van der Waals surface area contributed by atoms with Crippen molar-refractivity contribution in [1.29, 1.82) is 0 Å². The molecule has 0 aromatic heterocycles. The Morgan fingerprint density at radius 3 is 2.70 bits per heavy atom. The first kappa shape index (κ1) is 7.12. The lowest BCUT2D eigenvalue weighted by Crippen LogP contribution is -2.12. The lowest BCUT2D eigenvalue weighted by molar-refractivity contribution is -0.114. The second-order valence-corrected chi connectivity index (χ2v) is 2.61. The highest BCUT2D eigenvalue weighted by Gasteiger charge is 2.15. The zero-order valence-electron chi connectivity index (χ0n) is 6.35. The minimum atomic E-state index is 0.216. The van der Waals surface area contributed by atoms with E-state index in [9.17, 15) is 4.79 Å². The van der Waals surface area contributed by atoms with Crippen molar-refractivity contribution in [3.05, 3.63) is 11.9 Å². The predicted octanol–water partition coefficient (Wildman–Crippen LogP) is -0.0482. The largest absolute Gasteiger partial charge is 0.382 e. The molecule has 3 heteroatoms. The van der Waals surface area contributed by atoms with Crippen LogP contribution in [0.3, 0.4) is 0 Å². The van der Waals surface area contributed by atoms with Crippen LogP contribution in [-0.2, 0) is 4.79 Å². The molecule has 56 valence electrons. The van der Waals surface area contributed by atoms with Crippen molar-refractivity contribution in [2.45, 2.75) is 6.42 Å². The molecule has 1 N–H and O–H groups in total. The number of Topliss-reactive ketones (excluding diaryl/α,β-unsaturated/α-hetero) is 1. The number of carbonyl (C=O) groups excluding carboxylic acids is 1. The molecule has 1 rings (SSSR count). The van der Waals surface area contributed by atoms with Gasteiger partial charge in [0.25, 0.3) is 0 Å². The van der Waals surface area contributed by atoms with Gasteiger partial charge in [0.1, 0.15) is 0 Å². The van der Waals surface area contributed by atoms with Crippen molar-refractivity contribution >= 4 is 5.78 Å². The van der Waals surface area contributed by atoms with E-state index >= 15 is 0 Å². The maximum Gasteiger partial charge on any atom is 0.181 e. The summed E-state index contributed by atoms with van der Waals surface area (Å²) in [6.07, 6.45) is 2.45. The third-order valence-corrected chi connectivity index (χ3v) is 1.36. The number of hydrogen-bond acceptors (Lipinski definition) is 3. The van der Waals surface area contributed by atoms with Gasteiger partial charge in [0, 0.05) is 33.3 Å². The Morgan fingerprint density at radius 1 is 1.60 bits per heavy atom. The number of ketones is 1. The highest BCUT2D eigenvalue weighted by molar-refractivity contribution is 5.96. The number of allylic oxidation sites excluding steroid dienone is 1. The highest BCUT2D eigenvalue weighted by Crippen LogP contribution is 2.03. The van der Waals surface area contributed by atoms with Gasteiger partial charge < -0.3 is 10.2 Å². The van der Waals surface area contributed by atoms with E-state index < -0.39 is 0 Å². The van der Waals surface area contributed by atoms with Crippen molar-refractivity contribution in [1.82, 2.24) is 10.2 Å². The lowest BCUT2D eigenvalue weighted by Gasteiger charge is -2.05. The van der Waals surface area contributed by atoms with E-state index in [1.165, 1.54) is 0 Å². The van der Waals surface area contributed by atoms with E-state index in [-0.39, 0.29) is 5.78 Å². The monoisotopic (exact) mass is 140 g/mol. The smallest absolute Gasteiger partial charge is 0.181 e. The zero-order valence-corrected chi connectivity index (χ0v) is 6.35. The average Bonchev–Trinajstić information content (AvgIpc) is 2.15. The molecule has 0 saturated carbocycles. The molecule has 0 aromatic carbocycles. The maximum atomic E-state index is 11.0. The second kappa shape index (κ2) is 2.73. The van der Waals surface area contributed by atoms with Gasteiger partial charge in [-0.05, 0) is 0 Å². The quantitative estimate of drug-likeness (QED) is 0.518. The van der Waals surface area contributed by atoms with Gasteiger partial charge in [0.15, 0.2) is 5.78 Å². The van der Waals surface area contributed by atoms with Crippen molar-refractivity contribution < 1.29 is 4.79 Å². The van der Waals surface area contributed by atoms with Gasteiger partial charge in [0.2, 0.25) is 0 Å². The Kier molecular flexibility index (Phi) is 1.94. The molecule has 0 amide bonds. The van der Waals surface area contributed by atoms with Gasteiger partial charge in [-0.2, -0.15) is 0 Å². The zero-order chi connectivity index (χ0) is 7.56. The molecule has 3 nitrogen and oxygen atoms in total. The molecule has 0 unspecified atom stereocenters. The Morgan fingerprint density at radius 2 is 2.30 bits per heavy atom. The second-order valence-electron chi connectivity index (χ2n) is 2.61. The summed E-state index contributed by atoms with van der Waals surface area (Å²) >= 11 is 0. The highest BCUT2D eigenvalue weighted by atomic mass is 16.1. The molecule has 0 radical (unpaired) electrons. The number of carbonyl (C=O) groups is 1. The van der Waals surface area contributed by atoms with Crippen LogP contribution < -0.4 is 5.32 Å². The summed E-state index contributed by atoms with van der Waals surface area (Å²) in [6.45, 7) is 0.790. The first-order valence-electron chi connectivity index (χ1n) is 3.35. The normalized spacial score (nSPS) is 21.4. The van der Waals surface area contributed by atoms with Crippen LogP contribution in [0.15, 0.2) is 11.9 Å². The van der Waals surface area contributed by atoms with Crippen LogP contribution in [0.5, 0.6) is 0 Å². The third kappa shape index (κ3) is 1.50. The molecule has 1 aliphatic rings. The van der Waals surface area contributed by atoms with Crippen LogP contribution in [0, 0.1) is 0 Å². The molecule has 1 aliphatic heterocycles. The van der Waals surface area contributed by atoms with Crippen LogP contribution in [-0.4, -0.2) is 31.3 Å². The summed E-state index contributed by atoms with van der Waals surface area (Å²) in [6, 6.07) is 0. The molecule has 1 saturated heterocycles. The molecule has 0 aromatic rings. The third-order valence-electron chi connectivity index (χ3n) is 1.36. The Bertz CT molecular complexity index is 172. The fourth-order valence-corrected chi connectivity index (χ4v) is 0.920. The summed E-state index contributed by atoms with van der Waals surface area (Å²) < 4.78 is 0. The summed E-state index contributed by atoms with van der Waals surface area (Å²) in [5.41, 5.74) is 0.741. The van der Waals surface area contributed by atoms with Crippen molar-refractivity contribution in [3.8, 4) is 0 Å². The van der Waals surface area contributed by atoms with Crippen LogP contribution in [0.2, 0.25) is 0 Å². The van der Waals surface area contributed by atoms with Crippen LogP contribution in [0.25, 0.3) is 0 Å². The Hall–Kier alpha value is -0.990. The molecular formula is C7H12N2O. The summed E-state index contributed by atoms with van der Waals surface area (Å²) in [5.74, 6) is 0.216. The van der Waals surface area contributed by atoms with E-state index in [1.807, 2.05) is 25.2 Å². The molecule has 1 fully saturated rings. The first-order valence-corrected chi connectivity index (χ1v) is 3.35. The van der Waals surface area contributed by atoms with E-state index in [0.717, 1.165) is 12.2 Å². The van der Waals surface area contributed by atoms with Crippen molar-refractivity contribution in [2.24, 2.45) is 0 Å². The summed E-state index contributed by atoms with van der Waals surface area (Å²) in [4.78, 5) is 12.8. The van der Waals surface area contributed by atoms with Crippen molar-refractivity contribution in [2.75, 3.05) is 20.6 Å².